The van der Waals surface area contributed by atoms with Gasteiger partial charge in [0.25, 0.3) is 0 Å². The van der Waals surface area contributed by atoms with E-state index >= 15 is 0 Å². The SMILES string of the molecule is N#Cc1nc(Cl)ccc1S. The molecule has 4 heteroatoms. The lowest BCUT2D eigenvalue weighted by Gasteiger charge is -1.92. The van der Waals surface area contributed by atoms with Crippen LogP contribution >= 0.6 is 24.2 Å². The number of thiol groups is 1. The maximum Gasteiger partial charge on any atom is 0.155 e. The van der Waals surface area contributed by atoms with E-state index in [9.17, 15) is 0 Å². The Balaban J connectivity index is 3.25. The molecule has 1 rings (SSSR count). The van der Waals surface area contributed by atoms with Crippen LogP contribution in [0.4, 0.5) is 0 Å². The van der Waals surface area contributed by atoms with Crippen LogP contribution in [0.25, 0.3) is 0 Å². The monoisotopic (exact) mass is 170 g/mol. The van der Waals surface area contributed by atoms with Crippen LogP contribution in [0.2, 0.25) is 5.15 Å². The second-order valence-electron chi connectivity index (χ2n) is 1.61. The van der Waals surface area contributed by atoms with Crippen LogP contribution in [-0.4, -0.2) is 4.98 Å². The number of aromatic nitrogens is 1. The number of halogens is 1. The molecule has 0 aromatic carbocycles. The molecule has 1 heterocycles. The third-order valence-corrected chi connectivity index (χ3v) is 1.52. The van der Waals surface area contributed by atoms with Crippen LogP contribution in [0.3, 0.4) is 0 Å². The van der Waals surface area contributed by atoms with Gasteiger partial charge in [-0.2, -0.15) is 5.26 Å². The van der Waals surface area contributed by atoms with Gasteiger partial charge in [0.2, 0.25) is 0 Å². The first-order chi connectivity index (χ1) is 4.74. The average Bonchev–Trinajstić information content (AvgIpc) is 1.94. The number of nitriles is 1. The molecule has 0 unspecified atom stereocenters. The molecule has 0 spiro atoms. The van der Waals surface area contributed by atoms with E-state index in [1.807, 2.05) is 6.07 Å². The zero-order chi connectivity index (χ0) is 7.56. The largest absolute Gasteiger partial charge is 0.224 e. The van der Waals surface area contributed by atoms with E-state index in [-0.39, 0.29) is 5.69 Å². The van der Waals surface area contributed by atoms with Gasteiger partial charge in [0.05, 0.1) is 0 Å². The van der Waals surface area contributed by atoms with Crippen molar-refractivity contribution in [3.63, 3.8) is 0 Å². The summed E-state index contributed by atoms with van der Waals surface area (Å²) in [6, 6.07) is 5.09. The summed E-state index contributed by atoms with van der Waals surface area (Å²) in [5.74, 6) is 0. The van der Waals surface area contributed by atoms with Gasteiger partial charge >= 0.3 is 0 Å². The summed E-state index contributed by atoms with van der Waals surface area (Å²) >= 11 is 9.48. The van der Waals surface area contributed by atoms with Crippen LogP contribution in [-0.2, 0) is 0 Å². The minimum Gasteiger partial charge on any atom is -0.224 e. The van der Waals surface area contributed by atoms with Crippen molar-refractivity contribution in [1.82, 2.24) is 4.98 Å². The molecule has 1 aromatic heterocycles. The molecule has 0 saturated carbocycles. The molecule has 0 saturated heterocycles. The highest BCUT2D eigenvalue weighted by molar-refractivity contribution is 7.80. The van der Waals surface area contributed by atoms with Crippen molar-refractivity contribution in [2.75, 3.05) is 0 Å². The lowest BCUT2D eigenvalue weighted by atomic mass is 10.4. The molecule has 0 aliphatic heterocycles. The maximum atomic E-state index is 8.42. The number of nitrogens with zero attached hydrogens (tertiary/aromatic N) is 2. The van der Waals surface area contributed by atoms with Crippen molar-refractivity contribution in [1.29, 1.82) is 5.26 Å². The molecular formula is C6H3ClN2S. The van der Waals surface area contributed by atoms with Gasteiger partial charge < -0.3 is 0 Å². The van der Waals surface area contributed by atoms with Crippen LogP contribution in [0.15, 0.2) is 17.0 Å². The topological polar surface area (TPSA) is 36.7 Å². The summed E-state index contributed by atoms with van der Waals surface area (Å²) in [5.41, 5.74) is 0.260. The summed E-state index contributed by atoms with van der Waals surface area (Å²) < 4.78 is 0. The van der Waals surface area contributed by atoms with Crippen molar-refractivity contribution in [2.45, 2.75) is 4.90 Å². The van der Waals surface area contributed by atoms with Crippen molar-refractivity contribution in [2.24, 2.45) is 0 Å². The van der Waals surface area contributed by atoms with Crippen LogP contribution in [0.1, 0.15) is 5.69 Å². The van der Waals surface area contributed by atoms with Gasteiger partial charge in [-0.1, -0.05) is 11.6 Å². The molecule has 0 bridgehead atoms. The molecule has 10 heavy (non-hydrogen) atoms. The smallest absolute Gasteiger partial charge is 0.155 e. The van der Waals surface area contributed by atoms with Gasteiger partial charge in [0, 0.05) is 4.90 Å². The minimum absolute atomic E-state index is 0.260. The molecule has 0 fully saturated rings. The Hall–Kier alpha value is -0.720. The zero-order valence-corrected chi connectivity index (χ0v) is 6.52. The third-order valence-electron chi connectivity index (χ3n) is 0.946. The summed E-state index contributed by atoms with van der Waals surface area (Å²) in [6.45, 7) is 0. The molecule has 0 aliphatic carbocycles. The van der Waals surface area contributed by atoms with E-state index < -0.39 is 0 Å². The van der Waals surface area contributed by atoms with Crippen LogP contribution in [0, 0.1) is 11.3 Å². The van der Waals surface area contributed by atoms with Crippen molar-refractivity contribution in [3.8, 4) is 6.07 Å². The number of rotatable bonds is 0. The first-order valence-corrected chi connectivity index (χ1v) is 3.32. The predicted octanol–water partition coefficient (Wildman–Crippen LogP) is 1.90. The van der Waals surface area contributed by atoms with Crippen LogP contribution in [0.5, 0.6) is 0 Å². The second kappa shape index (κ2) is 2.91. The average molecular weight is 171 g/mol. The molecular weight excluding hydrogens is 168 g/mol. The Morgan fingerprint density at radius 2 is 2.30 bits per heavy atom. The summed E-state index contributed by atoms with van der Waals surface area (Å²) in [4.78, 5) is 4.27. The highest BCUT2D eigenvalue weighted by atomic mass is 35.5. The van der Waals surface area contributed by atoms with Gasteiger partial charge in [0.15, 0.2) is 5.69 Å². The van der Waals surface area contributed by atoms with Gasteiger partial charge in [-0.15, -0.1) is 12.6 Å². The van der Waals surface area contributed by atoms with Crippen molar-refractivity contribution in [3.05, 3.63) is 23.0 Å². The van der Waals surface area contributed by atoms with Crippen molar-refractivity contribution >= 4 is 24.2 Å². The Bertz CT molecular complexity index is 292. The second-order valence-corrected chi connectivity index (χ2v) is 2.48. The maximum absolute atomic E-state index is 8.42. The van der Waals surface area contributed by atoms with E-state index in [4.69, 9.17) is 16.9 Å². The fourth-order valence-corrected chi connectivity index (χ4v) is 0.832. The summed E-state index contributed by atoms with van der Waals surface area (Å²) in [5, 5.41) is 8.74. The standard InChI is InChI=1S/C6H3ClN2S/c7-6-2-1-5(10)4(3-8)9-6/h1-2,10H. The predicted molar refractivity (Wildman–Crippen MR) is 41.2 cm³/mol. The number of hydrogen-bond acceptors (Lipinski definition) is 3. The van der Waals surface area contributed by atoms with E-state index in [1.165, 1.54) is 0 Å². The quantitative estimate of drug-likeness (QED) is 0.477. The van der Waals surface area contributed by atoms with Gasteiger partial charge in [-0.25, -0.2) is 4.98 Å². The van der Waals surface area contributed by atoms with Crippen molar-refractivity contribution < 1.29 is 0 Å². The zero-order valence-electron chi connectivity index (χ0n) is 4.87. The number of pyridine rings is 1. The first kappa shape index (κ1) is 7.39. The Labute approximate surface area is 68.9 Å². The fourth-order valence-electron chi connectivity index (χ4n) is 0.510. The third kappa shape index (κ3) is 1.41. The molecule has 0 amide bonds. The lowest BCUT2D eigenvalue weighted by Crippen LogP contribution is -1.83. The molecule has 0 N–H and O–H groups in total. The Morgan fingerprint density at radius 3 is 2.80 bits per heavy atom. The fraction of sp³-hybridized carbons (Fsp3) is 0. The van der Waals surface area contributed by atoms with Gasteiger partial charge in [-0.3, -0.25) is 0 Å². The first-order valence-electron chi connectivity index (χ1n) is 2.49. The Kier molecular flexibility index (Phi) is 2.15. The van der Waals surface area contributed by atoms with Gasteiger partial charge in [0.1, 0.15) is 11.2 Å². The van der Waals surface area contributed by atoms with E-state index in [0.717, 1.165) is 0 Å². The highest BCUT2D eigenvalue weighted by Crippen LogP contribution is 2.13. The molecule has 1 aromatic rings. The lowest BCUT2D eigenvalue weighted by molar-refractivity contribution is 1.18. The summed E-state index contributed by atoms with van der Waals surface area (Å²) in [6.07, 6.45) is 0. The van der Waals surface area contributed by atoms with E-state index in [0.29, 0.717) is 10.0 Å². The molecule has 2 nitrogen and oxygen atoms in total. The summed E-state index contributed by atoms with van der Waals surface area (Å²) in [7, 11) is 0. The van der Waals surface area contributed by atoms with E-state index in [2.05, 4.69) is 17.6 Å². The Morgan fingerprint density at radius 1 is 1.60 bits per heavy atom. The number of hydrogen-bond donors (Lipinski definition) is 1. The van der Waals surface area contributed by atoms with Gasteiger partial charge in [-0.05, 0) is 12.1 Å². The normalized spacial score (nSPS) is 8.90. The highest BCUT2D eigenvalue weighted by Gasteiger charge is 1.98. The minimum atomic E-state index is 0.260. The molecule has 0 radical (unpaired) electrons. The molecule has 0 atom stereocenters. The van der Waals surface area contributed by atoms with E-state index in [1.54, 1.807) is 12.1 Å². The molecule has 50 valence electrons. The molecule has 0 aliphatic rings. The van der Waals surface area contributed by atoms with Crippen LogP contribution < -0.4 is 0 Å².